The van der Waals surface area contributed by atoms with Crippen LogP contribution in [0.2, 0.25) is 5.02 Å². The number of ketones is 1. The summed E-state index contributed by atoms with van der Waals surface area (Å²) in [5.41, 5.74) is 3.58. The molecule has 1 amide bonds. The molecule has 0 bridgehead atoms. The first-order valence-corrected chi connectivity index (χ1v) is 10.9. The Morgan fingerprint density at radius 3 is 2.62 bits per heavy atom. The van der Waals surface area contributed by atoms with Crippen molar-refractivity contribution in [2.45, 2.75) is 26.4 Å². The van der Waals surface area contributed by atoms with Crippen molar-refractivity contribution in [1.29, 1.82) is 5.26 Å². The first kappa shape index (κ1) is 23.0. The number of carbonyl (C=O) groups excluding carboxylic acids is 2. The number of hydrogen-bond donors (Lipinski definition) is 2. The zero-order chi connectivity index (χ0) is 24.2. The summed E-state index contributed by atoms with van der Waals surface area (Å²) >= 11 is 6.13. The Morgan fingerprint density at radius 1 is 1.18 bits per heavy atom. The van der Waals surface area contributed by atoms with Crippen molar-refractivity contribution in [3.8, 4) is 28.5 Å². The molecule has 2 N–H and O–H groups in total. The fraction of sp³-hybridized carbons (Fsp3) is 0.160. The van der Waals surface area contributed by atoms with Crippen molar-refractivity contribution in [2.24, 2.45) is 0 Å². The molecule has 4 rings (SSSR count). The van der Waals surface area contributed by atoms with Crippen LogP contribution in [-0.4, -0.2) is 37.7 Å². The van der Waals surface area contributed by atoms with Gasteiger partial charge in [0.15, 0.2) is 5.78 Å². The second kappa shape index (κ2) is 9.73. The number of nitrogens with zero attached hydrogens (tertiary/aromatic N) is 4. The molecule has 170 valence electrons. The van der Waals surface area contributed by atoms with Gasteiger partial charge in [-0.1, -0.05) is 48.0 Å². The molecule has 2 heterocycles. The maximum atomic E-state index is 13.0. The van der Waals surface area contributed by atoms with Crippen LogP contribution in [0.25, 0.3) is 22.4 Å². The number of aromatic nitrogens is 4. The third-order valence-electron chi connectivity index (χ3n) is 5.25. The lowest BCUT2D eigenvalue weighted by molar-refractivity contribution is 0.0931. The highest BCUT2D eigenvalue weighted by atomic mass is 35.5. The molecular formula is C25H21ClN6O2. The minimum absolute atomic E-state index is 0.224. The number of rotatable bonds is 7. The average Bonchev–Trinajstić information content (AvgIpc) is 3.47. The van der Waals surface area contributed by atoms with E-state index in [4.69, 9.17) is 16.9 Å². The van der Waals surface area contributed by atoms with E-state index >= 15 is 0 Å². The van der Waals surface area contributed by atoms with Gasteiger partial charge in [0.05, 0.1) is 22.8 Å². The third kappa shape index (κ3) is 4.75. The molecule has 4 aromatic rings. The lowest BCUT2D eigenvalue weighted by Crippen LogP contribution is -2.36. The second-order valence-corrected chi connectivity index (χ2v) is 8.26. The van der Waals surface area contributed by atoms with Crippen LogP contribution in [0.5, 0.6) is 0 Å². The summed E-state index contributed by atoms with van der Waals surface area (Å²) in [7, 11) is 0. The molecule has 0 aliphatic rings. The van der Waals surface area contributed by atoms with Crippen LogP contribution in [0.1, 0.15) is 40.4 Å². The Hall–Kier alpha value is -4.22. The Labute approximate surface area is 201 Å². The molecule has 0 unspecified atom stereocenters. The molecule has 8 nitrogen and oxygen atoms in total. The molecule has 0 radical (unpaired) electrons. The molecule has 1 atom stereocenters. The maximum Gasteiger partial charge on any atom is 0.270 e. The van der Waals surface area contributed by atoms with Crippen molar-refractivity contribution in [1.82, 2.24) is 25.3 Å². The van der Waals surface area contributed by atoms with E-state index in [1.807, 2.05) is 55.6 Å². The minimum Gasteiger partial charge on any atom is -0.346 e. The number of H-pyrrole nitrogens is 1. The Kier molecular flexibility index (Phi) is 6.57. The first-order valence-electron chi connectivity index (χ1n) is 10.6. The van der Waals surface area contributed by atoms with Gasteiger partial charge in [0.1, 0.15) is 17.5 Å². The van der Waals surface area contributed by atoms with Gasteiger partial charge in [-0.15, -0.1) is 0 Å². The van der Waals surface area contributed by atoms with Crippen molar-refractivity contribution in [3.05, 3.63) is 82.8 Å². The zero-order valence-electron chi connectivity index (χ0n) is 18.5. The average molecular weight is 473 g/mol. The molecule has 0 aliphatic heterocycles. The predicted octanol–water partition coefficient (Wildman–Crippen LogP) is 4.49. The van der Waals surface area contributed by atoms with Crippen LogP contribution in [0.4, 0.5) is 0 Å². The Balaban J connectivity index is 1.49. The molecule has 0 fully saturated rings. The lowest BCUT2D eigenvalue weighted by atomic mass is 10.0. The molecule has 0 saturated heterocycles. The number of nitrogens with one attached hydrogen (secondary N) is 2. The quantitative estimate of drug-likeness (QED) is 0.384. The van der Waals surface area contributed by atoms with Crippen molar-refractivity contribution < 1.29 is 9.59 Å². The summed E-state index contributed by atoms with van der Waals surface area (Å²) in [6, 6.07) is 18.0. The maximum absolute atomic E-state index is 13.0. The second-order valence-electron chi connectivity index (χ2n) is 7.85. The lowest BCUT2D eigenvalue weighted by Gasteiger charge is -2.14. The van der Waals surface area contributed by atoms with Crippen LogP contribution in [0.15, 0.2) is 60.8 Å². The number of hydrogen-bond acceptors (Lipinski definition) is 5. The van der Waals surface area contributed by atoms with Gasteiger partial charge >= 0.3 is 0 Å². The van der Waals surface area contributed by atoms with E-state index in [9.17, 15) is 9.59 Å². The van der Waals surface area contributed by atoms with Gasteiger partial charge in [-0.25, -0.2) is 0 Å². The summed E-state index contributed by atoms with van der Waals surface area (Å²) in [5.74, 6) is -0.591. The van der Waals surface area contributed by atoms with Gasteiger partial charge in [0, 0.05) is 30.3 Å². The van der Waals surface area contributed by atoms with Gasteiger partial charge in [-0.05, 0) is 30.7 Å². The van der Waals surface area contributed by atoms with Gasteiger partial charge < -0.3 is 5.32 Å². The van der Waals surface area contributed by atoms with Gasteiger partial charge in [-0.2, -0.15) is 15.5 Å². The summed E-state index contributed by atoms with van der Waals surface area (Å²) in [6.45, 7) is 3.70. The zero-order valence-corrected chi connectivity index (χ0v) is 19.3. The molecule has 2 aromatic heterocycles. The highest BCUT2D eigenvalue weighted by Gasteiger charge is 2.24. The minimum atomic E-state index is -0.363. The fourth-order valence-electron chi connectivity index (χ4n) is 3.65. The highest BCUT2D eigenvalue weighted by molar-refractivity contribution is 6.32. The molecule has 2 aromatic carbocycles. The van der Waals surface area contributed by atoms with E-state index < -0.39 is 0 Å². The summed E-state index contributed by atoms with van der Waals surface area (Å²) < 4.78 is 1.72. The van der Waals surface area contributed by atoms with E-state index in [0.29, 0.717) is 28.4 Å². The van der Waals surface area contributed by atoms with Crippen molar-refractivity contribution in [3.63, 3.8) is 0 Å². The number of nitriles is 1. The molecule has 0 aliphatic carbocycles. The predicted molar refractivity (Wildman–Crippen MR) is 128 cm³/mol. The van der Waals surface area contributed by atoms with E-state index in [-0.39, 0.29) is 29.1 Å². The number of amides is 1. The van der Waals surface area contributed by atoms with Crippen LogP contribution in [-0.2, 0) is 6.54 Å². The van der Waals surface area contributed by atoms with E-state index in [1.165, 1.54) is 6.92 Å². The number of benzene rings is 2. The van der Waals surface area contributed by atoms with Crippen LogP contribution in [0, 0.1) is 11.3 Å². The van der Waals surface area contributed by atoms with E-state index in [1.54, 1.807) is 22.9 Å². The number of Topliss-reactive ketones (excluding diaryl/α,β-unsaturated/α-hetero) is 1. The summed E-state index contributed by atoms with van der Waals surface area (Å²) in [6.07, 6.45) is 1.81. The number of halogens is 1. The van der Waals surface area contributed by atoms with E-state index in [0.717, 1.165) is 11.1 Å². The Morgan fingerprint density at radius 2 is 1.94 bits per heavy atom. The molecule has 0 spiro atoms. The van der Waals surface area contributed by atoms with Crippen LogP contribution in [0.3, 0.4) is 0 Å². The standard InChI is InChI=1S/C25H21ClN6O2/c1-15(14-32-11-10-21(31-32)18-8-9-19(13-27)20(26)12-18)28-25(34)24-22(17-6-4-3-5-7-17)23(16(2)33)29-30-24/h3-12,15H,14H2,1-2H3,(H,28,34)(H,29,30)/t15-/m0/s1. The van der Waals surface area contributed by atoms with Crippen LogP contribution < -0.4 is 5.32 Å². The number of aromatic amines is 1. The normalized spacial score (nSPS) is 11.6. The summed E-state index contributed by atoms with van der Waals surface area (Å²) in [5, 5.41) is 23.7. The molecule has 0 saturated carbocycles. The third-order valence-corrected chi connectivity index (χ3v) is 5.57. The molecule has 34 heavy (non-hydrogen) atoms. The first-order chi connectivity index (χ1) is 16.4. The van der Waals surface area contributed by atoms with Gasteiger partial charge in [-0.3, -0.25) is 19.4 Å². The highest BCUT2D eigenvalue weighted by Crippen LogP contribution is 2.27. The monoisotopic (exact) mass is 472 g/mol. The Bertz CT molecular complexity index is 1400. The topological polar surface area (TPSA) is 116 Å². The van der Waals surface area contributed by atoms with E-state index in [2.05, 4.69) is 20.6 Å². The smallest absolute Gasteiger partial charge is 0.270 e. The largest absolute Gasteiger partial charge is 0.346 e. The number of carbonyl (C=O) groups is 2. The van der Waals surface area contributed by atoms with Crippen molar-refractivity contribution in [2.75, 3.05) is 0 Å². The molecular weight excluding hydrogens is 452 g/mol. The van der Waals surface area contributed by atoms with Gasteiger partial charge in [0.25, 0.3) is 5.91 Å². The SMILES string of the molecule is CC(=O)c1n[nH]c(C(=O)N[C@@H](C)Cn2ccc(-c3ccc(C#N)c(Cl)c3)n2)c1-c1ccccc1. The summed E-state index contributed by atoms with van der Waals surface area (Å²) in [4.78, 5) is 25.1. The molecule has 9 heteroatoms. The van der Waals surface area contributed by atoms with Crippen molar-refractivity contribution >= 4 is 23.3 Å². The van der Waals surface area contributed by atoms with Crippen LogP contribution >= 0.6 is 11.6 Å². The fourth-order valence-corrected chi connectivity index (χ4v) is 3.87. The van der Waals surface area contributed by atoms with Gasteiger partial charge in [0.2, 0.25) is 0 Å².